The zero-order chi connectivity index (χ0) is 15.0. The third kappa shape index (κ3) is 6.30. The molecule has 5 nitrogen and oxygen atoms in total. The van der Waals surface area contributed by atoms with Crippen LogP contribution in [0.25, 0.3) is 0 Å². The summed E-state index contributed by atoms with van der Waals surface area (Å²) in [5, 5.41) is 3.43. The fraction of sp³-hybridized carbons (Fsp3) is 0.733. The highest BCUT2D eigenvalue weighted by Gasteiger charge is 2.10. The summed E-state index contributed by atoms with van der Waals surface area (Å²) in [4.78, 5) is 11.0. The lowest BCUT2D eigenvalue weighted by Crippen LogP contribution is -2.35. The molecule has 0 aliphatic heterocycles. The van der Waals surface area contributed by atoms with E-state index in [4.69, 9.17) is 4.74 Å². The van der Waals surface area contributed by atoms with Crippen molar-refractivity contribution in [2.45, 2.75) is 46.7 Å². The van der Waals surface area contributed by atoms with E-state index in [0.717, 1.165) is 37.8 Å². The van der Waals surface area contributed by atoms with Crippen LogP contribution in [0.4, 0.5) is 5.95 Å². The van der Waals surface area contributed by atoms with E-state index in [1.54, 1.807) is 0 Å². The van der Waals surface area contributed by atoms with Gasteiger partial charge in [0, 0.05) is 49.7 Å². The second-order valence-electron chi connectivity index (χ2n) is 5.77. The molecule has 1 N–H and O–H groups in total. The van der Waals surface area contributed by atoms with Crippen molar-refractivity contribution in [2.75, 3.05) is 31.2 Å². The highest BCUT2D eigenvalue weighted by molar-refractivity contribution is 5.29. The van der Waals surface area contributed by atoms with Crippen molar-refractivity contribution in [1.29, 1.82) is 0 Å². The number of hydrogen-bond donors (Lipinski definition) is 1. The summed E-state index contributed by atoms with van der Waals surface area (Å²) in [5.41, 5.74) is 1.20. The monoisotopic (exact) mass is 280 g/mol. The van der Waals surface area contributed by atoms with Gasteiger partial charge in [-0.25, -0.2) is 9.97 Å². The maximum atomic E-state index is 5.38. The Bertz CT molecular complexity index is 372. The van der Waals surface area contributed by atoms with Crippen molar-refractivity contribution in [3.05, 3.63) is 18.0 Å². The second-order valence-corrected chi connectivity index (χ2v) is 5.77. The maximum Gasteiger partial charge on any atom is 0.225 e. The minimum absolute atomic E-state index is 0.103. The largest absolute Gasteiger partial charge is 0.380 e. The van der Waals surface area contributed by atoms with Gasteiger partial charge in [-0.1, -0.05) is 0 Å². The third-order valence-corrected chi connectivity index (χ3v) is 2.89. The molecule has 0 aromatic carbocycles. The van der Waals surface area contributed by atoms with Crippen LogP contribution >= 0.6 is 0 Å². The van der Waals surface area contributed by atoms with Crippen molar-refractivity contribution in [1.82, 2.24) is 15.3 Å². The SMILES string of the molecule is CCOCCN(CC)c1ncc(CNC(C)(C)C)cn1. The summed E-state index contributed by atoms with van der Waals surface area (Å²) in [7, 11) is 0. The summed E-state index contributed by atoms with van der Waals surface area (Å²) >= 11 is 0. The molecule has 0 aliphatic rings. The molecule has 5 heteroatoms. The first-order chi connectivity index (χ1) is 9.46. The lowest BCUT2D eigenvalue weighted by Gasteiger charge is -2.22. The number of rotatable bonds is 8. The van der Waals surface area contributed by atoms with E-state index in [-0.39, 0.29) is 5.54 Å². The Balaban J connectivity index is 2.55. The van der Waals surface area contributed by atoms with Crippen molar-refractivity contribution in [2.24, 2.45) is 0 Å². The molecule has 0 radical (unpaired) electrons. The van der Waals surface area contributed by atoms with Crippen LogP contribution in [-0.4, -0.2) is 41.8 Å². The molecule has 0 fully saturated rings. The molecule has 0 unspecified atom stereocenters. The molecule has 1 heterocycles. The minimum Gasteiger partial charge on any atom is -0.380 e. The fourth-order valence-corrected chi connectivity index (χ4v) is 1.69. The lowest BCUT2D eigenvalue weighted by molar-refractivity contribution is 0.153. The van der Waals surface area contributed by atoms with Gasteiger partial charge in [-0.15, -0.1) is 0 Å². The molecule has 0 spiro atoms. The van der Waals surface area contributed by atoms with E-state index < -0.39 is 0 Å². The van der Waals surface area contributed by atoms with Gasteiger partial charge in [-0.05, 0) is 34.6 Å². The molecule has 114 valence electrons. The molecule has 1 aromatic rings. The Morgan fingerprint density at radius 3 is 2.35 bits per heavy atom. The first-order valence-corrected chi connectivity index (χ1v) is 7.35. The Labute approximate surface area is 122 Å². The Kier molecular flexibility index (Phi) is 6.88. The van der Waals surface area contributed by atoms with Crippen LogP contribution in [0.5, 0.6) is 0 Å². The first-order valence-electron chi connectivity index (χ1n) is 7.35. The molecule has 0 bridgehead atoms. The van der Waals surface area contributed by atoms with Gasteiger partial charge >= 0.3 is 0 Å². The van der Waals surface area contributed by atoms with Crippen LogP contribution in [0, 0.1) is 0 Å². The Hall–Kier alpha value is -1.20. The van der Waals surface area contributed by atoms with Crippen molar-refractivity contribution in [3.8, 4) is 0 Å². The van der Waals surface area contributed by atoms with Gasteiger partial charge in [0.05, 0.1) is 6.61 Å². The van der Waals surface area contributed by atoms with Gasteiger partial charge in [0.25, 0.3) is 0 Å². The van der Waals surface area contributed by atoms with E-state index in [1.165, 1.54) is 0 Å². The minimum atomic E-state index is 0.103. The second kappa shape index (κ2) is 8.17. The summed E-state index contributed by atoms with van der Waals surface area (Å²) in [6, 6.07) is 0. The molecular weight excluding hydrogens is 252 g/mol. The van der Waals surface area contributed by atoms with Crippen LogP contribution in [0.15, 0.2) is 12.4 Å². The highest BCUT2D eigenvalue weighted by Crippen LogP contribution is 2.08. The molecule has 20 heavy (non-hydrogen) atoms. The van der Waals surface area contributed by atoms with Gasteiger partial charge in [0.1, 0.15) is 0 Å². The molecule has 1 aromatic heterocycles. The smallest absolute Gasteiger partial charge is 0.225 e. The molecule has 0 saturated carbocycles. The van der Waals surface area contributed by atoms with Gasteiger partial charge in [-0.3, -0.25) is 0 Å². The standard InChI is InChI=1S/C15H28N4O/c1-6-19(8-9-20-7-2)14-16-10-13(11-17-14)12-18-15(3,4)5/h10-11,18H,6-9,12H2,1-5H3. The Morgan fingerprint density at radius 2 is 1.85 bits per heavy atom. The maximum absolute atomic E-state index is 5.38. The number of hydrogen-bond acceptors (Lipinski definition) is 5. The van der Waals surface area contributed by atoms with E-state index >= 15 is 0 Å². The predicted molar refractivity (Wildman–Crippen MR) is 83.0 cm³/mol. The normalized spacial score (nSPS) is 11.7. The zero-order valence-electron chi connectivity index (χ0n) is 13.4. The van der Waals surface area contributed by atoms with Gasteiger partial charge in [-0.2, -0.15) is 0 Å². The van der Waals surface area contributed by atoms with E-state index in [9.17, 15) is 0 Å². The molecule has 0 saturated heterocycles. The number of ether oxygens (including phenoxy) is 1. The first kappa shape index (κ1) is 16.9. The predicted octanol–water partition coefficient (Wildman–Crippen LogP) is 2.23. The lowest BCUT2D eigenvalue weighted by atomic mass is 10.1. The summed E-state index contributed by atoms with van der Waals surface area (Å²) in [6.45, 7) is 14.5. The molecule has 0 atom stereocenters. The van der Waals surface area contributed by atoms with Crippen LogP contribution in [0.2, 0.25) is 0 Å². The molecule has 0 amide bonds. The number of anilines is 1. The van der Waals surface area contributed by atoms with Crippen LogP contribution < -0.4 is 10.2 Å². The number of nitrogens with zero attached hydrogens (tertiary/aromatic N) is 3. The van der Waals surface area contributed by atoms with E-state index in [2.05, 4.69) is 47.9 Å². The van der Waals surface area contributed by atoms with Crippen LogP contribution in [0.3, 0.4) is 0 Å². The average molecular weight is 280 g/mol. The third-order valence-electron chi connectivity index (χ3n) is 2.89. The zero-order valence-corrected chi connectivity index (χ0v) is 13.4. The number of aromatic nitrogens is 2. The summed E-state index contributed by atoms with van der Waals surface area (Å²) in [6.07, 6.45) is 3.79. The molecule has 1 rings (SSSR count). The van der Waals surface area contributed by atoms with E-state index in [0.29, 0.717) is 6.61 Å². The van der Waals surface area contributed by atoms with Gasteiger partial charge in [0.2, 0.25) is 5.95 Å². The summed E-state index contributed by atoms with van der Waals surface area (Å²) in [5.74, 6) is 0.770. The number of nitrogens with one attached hydrogen (secondary N) is 1. The van der Waals surface area contributed by atoms with E-state index in [1.807, 2.05) is 19.3 Å². The molecular formula is C15H28N4O. The van der Waals surface area contributed by atoms with Gasteiger partial charge < -0.3 is 15.0 Å². The Morgan fingerprint density at radius 1 is 1.20 bits per heavy atom. The number of likely N-dealkylation sites (N-methyl/N-ethyl adjacent to an activating group) is 1. The topological polar surface area (TPSA) is 50.3 Å². The highest BCUT2D eigenvalue weighted by atomic mass is 16.5. The molecule has 0 aliphatic carbocycles. The van der Waals surface area contributed by atoms with Crippen molar-refractivity contribution < 1.29 is 4.74 Å². The summed E-state index contributed by atoms with van der Waals surface area (Å²) < 4.78 is 5.38. The van der Waals surface area contributed by atoms with Crippen molar-refractivity contribution >= 4 is 5.95 Å². The fourth-order valence-electron chi connectivity index (χ4n) is 1.69. The van der Waals surface area contributed by atoms with Crippen LogP contribution in [0.1, 0.15) is 40.2 Å². The average Bonchev–Trinajstić information content (AvgIpc) is 2.41. The van der Waals surface area contributed by atoms with Gasteiger partial charge in [0.15, 0.2) is 0 Å². The quantitative estimate of drug-likeness (QED) is 0.740. The van der Waals surface area contributed by atoms with Crippen LogP contribution in [-0.2, 0) is 11.3 Å². The van der Waals surface area contributed by atoms with Crippen molar-refractivity contribution in [3.63, 3.8) is 0 Å².